The minimum Gasteiger partial charge on any atom is -0.466 e. The molecule has 0 aromatic heterocycles. The van der Waals surface area contributed by atoms with Crippen LogP contribution in [0.15, 0.2) is 48.5 Å². The molecule has 2 aromatic carbocycles. The van der Waals surface area contributed by atoms with Crippen LogP contribution in [0.2, 0.25) is 0 Å². The van der Waals surface area contributed by atoms with E-state index in [1.165, 1.54) is 24.3 Å². The molecule has 0 aliphatic heterocycles. The Balaban J connectivity index is 2.31. The Kier molecular flexibility index (Phi) is 5.04. The molecule has 110 valence electrons. The summed E-state index contributed by atoms with van der Waals surface area (Å²) >= 11 is 0. The van der Waals surface area contributed by atoms with Crippen LogP contribution in [0, 0.1) is 11.6 Å². The average Bonchev–Trinajstić information content (AvgIpc) is 2.47. The van der Waals surface area contributed by atoms with Crippen molar-refractivity contribution < 1.29 is 18.3 Å². The predicted octanol–water partition coefficient (Wildman–Crippen LogP) is 4.05. The molecule has 0 N–H and O–H groups in total. The summed E-state index contributed by atoms with van der Waals surface area (Å²) in [7, 11) is 0. The van der Waals surface area contributed by atoms with Crippen LogP contribution < -0.4 is 0 Å². The van der Waals surface area contributed by atoms with Crippen LogP contribution in [0.25, 0.3) is 0 Å². The molecule has 0 radical (unpaired) electrons. The molecule has 0 spiro atoms. The summed E-state index contributed by atoms with van der Waals surface area (Å²) in [6, 6.07) is 11.9. The molecule has 0 aliphatic rings. The molecule has 0 saturated heterocycles. The Labute approximate surface area is 122 Å². The van der Waals surface area contributed by atoms with Crippen LogP contribution in [0.5, 0.6) is 0 Å². The minimum atomic E-state index is -0.340. The number of ether oxygens (including phenoxy) is 1. The number of carbonyl (C=O) groups is 1. The molecule has 2 nitrogen and oxygen atoms in total. The molecule has 0 atom stereocenters. The van der Waals surface area contributed by atoms with Crippen molar-refractivity contribution in [1.29, 1.82) is 0 Å². The topological polar surface area (TPSA) is 26.3 Å². The summed E-state index contributed by atoms with van der Waals surface area (Å²) in [6.07, 6.45) is 0.130. The second-order valence-electron chi connectivity index (χ2n) is 4.66. The van der Waals surface area contributed by atoms with E-state index in [1.807, 2.05) is 0 Å². The van der Waals surface area contributed by atoms with E-state index in [1.54, 1.807) is 31.2 Å². The molecule has 0 fully saturated rings. The first-order chi connectivity index (χ1) is 10.1. The maximum absolute atomic E-state index is 13.0. The zero-order chi connectivity index (χ0) is 15.2. The van der Waals surface area contributed by atoms with Gasteiger partial charge >= 0.3 is 5.97 Å². The molecular weight excluding hydrogens is 274 g/mol. The van der Waals surface area contributed by atoms with Crippen LogP contribution in [0.3, 0.4) is 0 Å². The monoisotopic (exact) mass is 290 g/mol. The molecular formula is C17H16F2O2. The van der Waals surface area contributed by atoms with Gasteiger partial charge in [0, 0.05) is 5.92 Å². The summed E-state index contributed by atoms with van der Waals surface area (Å²) in [4.78, 5) is 11.8. The van der Waals surface area contributed by atoms with Crippen molar-refractivity contribution in [3.63, 3.8) is 0 Å². The number of hydrogen-bond donors (Lipinski definition) is 0. The van der Waals surface area contributed by atoms with Crippen LogP contribution in [-0.4, -0.2) is 12.6 Å². The molecule has 0 bridgehead atoms. The van der Waals surface area contributed by atoms with Crippen molar-refractivity contribution >= 4 is 5.97 Å². The fourth-order valence-electron chi connectivity index (χ4n) is 2.20. The van der Waals surface area contributed by atoms with Gasteiger partial charge in [0.05, 0.1) is 13.0 Å². The van der Waals surface area contributed by atoms with Crippen LogP contribution in [0.4, 0.5) is 8.78 Å². The molecule has 2 aromatic rings. The Morgan fingerprint density at radius 3 is 1.76 bits per heavy atom. The van der Waals surface area contributed by atoms with Crippen molar-refractivity contribution in [3.05, 3.63) is 71.3 Å². The maximum Gasteiger partial charge on any atom is 0.306 e. The number of benzene rings is 2. The van der Waals surface area contributed by atoms with Gasteiger partial charge in [-0.15, -0.1) is 0 Å². The number of hydrogen-bond acceptors (Lipinski definition) is 2. The quantitative estimate of drug-likeness (QED) is 0.777. The first-order valence-electron chi connectivity index (χ1n) is 6.76. The number of carbonyl (C=O) groups excluding carboxylic acids is 1. The van der Waals surface area contributed by atoms with Gasteiger partial charge in [-0.1, -0.05) is 24.3 Å². The van der Waals surface area contributed by atoms with Crippen molar-refractivity contribution in [1.82, 2.24) is 0 Å². The van der Waals surface area contributed by atoms with Crippen LogP contribution in [-0.2, 0) is 9.53 Å². The molecule has 0 aliphatic carbocycles. The van der Waals surface area contributed by atoms with E-state index in [9.17, 15) is 13.6 Å². The molecule has 4 heteroatoms. The Bertz CT molecular complexity index is 546. The lowest BCUT2D eigenvalue weighted by molar-refractivity contribution is -0.143. The van der Waals surface area contributed by atoms with E-state index < -0.39 is 0 Å². The smallest absolute Gasteiger partial charge is 0.306 e. The highest BCUT2D eigenvalue weighted by Crippen LogP contribution is 2.28. The Hall–Kier alpha value is -2.23. The summed E-state index contributed by atoms with van der Waals surface area (Å²) in [5, 5.41) is 0. The number of halogens is 2. The molecule has 0 unspecified atom stereocenters. The lowest BCUT2D eigenvalue weighted by atomic mass is 9.88. The maximum atomic E-state index is 13.0. The third-order valence-corrected chi connectivity index (χ3v) is 3.22. The third-order valence-electron chi connectivity index (χ3n) is 3.22. The van der Waals surface area contributed by atoms with Gasteiger partial charge < -0.3 is 4.74 Å². The van der Waals surface area contributed by atoms with Crippen LogP contribution >= 0.6 is 0 Å². The summed E-state index contributed by atoms with van der Waals surface area (Å²) < 4.78 is 31.1. The van der Waals surface area contributed by atoms with Gasteiger partial charge in [0.25, 0.3) is 0 Å². The van der Waals surface area contributed by atoms with E-state index in [4.69, 9.17) is 4.74 Å². The van der Waals surface area contributed by atoms with Gasteiger partial charge in [-0.05, 0) is 42.3 Å². The van der Waals surface area contributed by atoms with E-state index in [0.717, 1.165) is 11.1 Å². The zero-order valence-electron chi connectivity index (χ0n) is 11.7. The highest BCUT2D eigenvalue weighted by Gasteiger charge is 2.19. The van der Waals surface area contributed by atoms with Crippen LogP contribution in [0.1, 0.15) is 30.4 Å². The zero-order valence-corrected chi connectivity index (χ0v) is 11.7. The number of esters is 1. The van der Waals surface area contributed by atoms with Gasteiger partial charge in [0.1, 0.15) is 11.6 Å². The first-order valence-corrected chi connectivity index (χ1v) is 6.76. The van der Waals surface area contributed by atoms with E-state index in [2.05, 4.69) is 0 Å². The van der Waals surface area contributed by atoms with Crippen molar-refractivity contribution in [2.45, 2.75) is 19.3 Å². The largest absolute Gasteiger partial charge is 0.466 e. The minimum absolute atomic E-state index is 0.130. The Morgan fingerprint density at radius 2 is 1.38 bits per heavy atom. The highest BCUT2D eigenvalue weighted by atomic mass is 19.1. The molecule has 21 heavy (non-hydrogen) atoms. The van der Waals surface area contributed by atoms with Gasteiger partial charge in [-0.25, -0.2) is 8.78 Å². The summed E-state index contributed by atoms with van der Waals surface area (Å²) in [6.45, 7) is 2.04. The predicted molar refractivity (Wildman–Crippen MR) is 75.9 cm³/mol. The molecule has 0 heterocycles. The fraction of sp³-hybridized carbons (Fsp3) is 0.235. The highest BCUT2D eigenvalue weighted by molar-refractivity contribution is 5.71. The van der Waals surface area contributed by atoms with E-state index in [-0.39, 0.29) is 29.9 Å². The normalized spacial score (nSPS) is 10.7. The second-order valence-corrected chi connectivity index (χ2v) is 4.66. The lowest BCUT2D eigenvalue weighted by Gasteiger charge is -2.17. The second kappa shape index (κ2) is 6.97. The van der Waals surface area contributed by atoms with Crippen molar-refractivity contribution in [3.8, 4) is 0 Å². The molecule has 0 amide bonds. The van der Waals surface area contributed by atoms with Gasteiger partial charge in [-0.2, -0.15) is 0 Å². The van der Waals surface area contributed by atoms with Crippen molar-refractivity contribution in [2.75, 3.05) is 6.61 Å². The SMILES string of the molecule is CCOC(=O)CC(c1ccc(F)cc1)c1ccc(F)cc1. The van der Waals surface area contributed by atoms with Gasteiger partial charge in [0.15, 0.2) is 0 Å². The van der Waals surface area contributed by atoms with Crippen molar-refractivity contribution in [2.24, 2.45) is 0 Å². The number of rotatable bonds is 5. The third kappa shape index (κ3) is 4.12. The lowest BCUT2D eigenvalue weighted by Crippen LogP contribution is -2.11. The fourth-order valence-corrected chi connectivity index (χ4v) is 2.20. The first kappa shape index (κ1) is 15.2. The Morgan fingerprint density at radius 1 is 0.952 bits per heavy atom. The summed E-state index contributed by atoms with van der Waals surface area (Å²) in [5.74, 6) is -1.30. The van der Waals surface area contributed by atoms with E-state index >= 15 is 0 Å². The average molecular weight is 290 g/mol. The van der Waals surface area contributed by atoms with Gasteiger partial charge in [-0.3, -0.25) is 4.79 Å². The standard InChI is InChI=1S/C17H16F2O2/c1-2-21-17(20)11-16(12-3-7-14(18)8-4-12)13-5-9-15(19)10-6-13/h3-10,16H,2,11H2,1H3. The molecule has 0 saturated carbocycles. The van der Waals surface area contributed by atoms with E-state index in [0.29, 0.717) is 6.61 Å². The molecule has 2 rings (SSSR count). The van der Waals surface area contributed by atoms with Gasteiger partial charge in [0.2, 0.25) is 0 Å². The summed E-state index contributed by atoms with van der Waals surface area (Å²) in [5.41, 5.74) is 1.58.